The predicted molar refractivity (Wildman–Crippen MR) is 101 cm³/mol. The Morgan fingerprint density at radius 2 is 1.88 bits per heavy atom. The molecular formula is C21H23NO2Se. The number of piperidine rings is 1. The first-order chi connectivity index (χ1) is 12.3. The third-order valence-electron chi connectivity index (χ3n) is 4.98. The van der Waals surface area contributed by atoms with Crippen LogP contribution in [-0.4, -0.2) is 45.5 Å². The molecule has 4 heteroatoms. The van der Waals surface area contributed by atoms with Crippen molar-refractivity contribution in [2.75, 3.05) is 19.7 Å². The number of likely N-dealkylation sites (tertiary alicyclic amines) is 1. The molecule has 2 aromatic rings. The third kappa shape index (κ3) is 3.75. The molecule has 0 N–H and O–H groups in total. The second-order valence-corrected chi connectivity index (χ2v) is 9.03. The van der Waals surface area contributed by atoms with Crippen LogP contribution < -0.4 is 9.20 Å². The van der Waals surface area contributed by atoms with Crippen LogP contribution in [0.2, 0.25) is 5.32 Å². The Hall–Kier alpha value is -1.77. The summed E-state index contributed by atoms with van der Waals surface area (Å²) in [5, 5.41) is 1.14. The number of rotatable bonds is 4. The number of nitrogens with zero attached hydrogens (tertiary/aromatic N) is 1. The molecule has 1 amide bonds. The number of fused-ring (bicyclic) bond motifs is 1. The first-order valence-electron chi connectivity index (χ1n) is 9.05. The zero-order valence-electron chi connectivity index (χ0n) is 14.3. The standard InChI is InChI=1S/C21H23NO2Se/c23-21(22-11-5-2-6-12-22)16-9-10-19-17(14-24-20(19)13-16)15-25-18-7-3-1-4-8-18/h1,3-4,7-10,13,17H,2,5-6,11-12,14-15H2. The number of amides is 1. The molecule has 2 aromatic carbocycles. The zero-order valence-corrected chi connectivity index (χ0v) is 16.0. The van der Waals surface area contributed by atoms with E-state index in [0.717, 1.165) is 49.2 Å². The molecule has 1 unspecified atom stereocenters. The summed E-state index contributed by atoms with van der Waals surface area (Å²) in [6, 6.07) is 16.8. The van der Waals surface area contributed by atoms with Gasteiger partial charge in [0.05, 0.1) is 0 Å². The number of hydrogen-bond acceptors (Lipinski definition) is 2. The van der Waals surface area contributed by atoms with Crippen molar-refractivity contribution in [2.45, 2.75) is 30.5 Å². The quantitative estimate of drug-likeness (QED) is 0.738. The summed E-state index contributed by atoms with van der Waals surface area (Å²) in [6.45, 7) is 2.52. The van der Waals surface area contributed by atoms with Gasteiger partial charge in [0.1, 0.15) is 0 Å². The van der Waals surface area contributed by atoms with Crippen LogP contribution in [0.4, 0.5) is 0 Å². The fourth-order valence-corrected chi connectivity index (χ4v) is 5.68. The molecule has 0 aliphatic carbocycles. The van der Waals surface area contributed by atoms with Crippen LogP contribution in [0.3, 0.4) is 0 Å². The van der Waals surface area contributed by atoms with Gasteiger partial charge in [-0.3, -0.25) is 0 Å². The van der Waals surface area contributed by atoms with Crippen molar-refractivity contribution in [3.63, 3.8) is 0 Å². The van der Waals surface area contributed by atoms with E-state index in [-0.39, 0.29) is 5.91 Å². The second kappa shape index (κ2) is 7.63. The Bertz CT molecular complexity index is 741. The van der Waals surface area contributed by atoms with Crippen LogP contribution in [0.5, 0.6) is 5.75 Å². The summed E-state index contributed by atoms with van der Waals surface area (Å²) in [5.74, 6) is 1.52. The van der Waals surface area contributed by atoms with Gasteiger partial charge in [0.15, 0.2) is 0 Å². The normalized spacial score (nSPS) is 19.4. The van der Waals surface area contributed by atoms with Crippen molar-refractivity contribution in [1.29, 1.82) is 0 Å². The van der Waals surface area contributed by atoms with Crippen LogP contribution in [-0.2, 0) is 0 Å². The van der Waals surface area contributed by atoms with Crippen LogP contribution in [0.1, 0.15) is 41.1 Å². The van der Waals surface area contributed by atoms with Crippen molar-refractivity contribution < 1.29 is 9.53 Å². The molecule has 2 heterocycles. The molecule has 0 spiro atoms. The van der Waals surface area contributed by atoms with E-state index >= 15 is 0 Å². The molecular weight excluding hydrogens is 377 g/mol. The number of hydrogen-bond donors (Lipinski definition) is 0. The Balaban J connectivity index is 1.44. The topological polar surface area (TPSA) is 29.5 Å². The van der Waals surface area contributed by atoms with Gasteiger partial charge in [0, 0.05) is 0 Å². The molecule has 0 saturated carbocycles. The molecule has 130 valence electrons. The average Bonchev–Trinajstić information content (AvgIpc) is 3.09. The van der Waals surface area contributed by atoms with Gasteiger partial charge in [-0.2, -0.15) is 0 Å². The molecule has 2 aliphatic rings. The van der Waals surface area contributed by atoms with Crippen molar-refractivity contribution in [3.05, 3.63) is 59.7 Å². The van der Waals surface area contributed by atoms with E-state index < -0.39 is 0 Å². The molecule has 4 rings (SSSR count). The summed E-state index contributed by atoms with van der Waals surface area (Å²) in [5.41, 5.74) is 2.04. The molecule has 0 radical (unpaired) electrons. The Morgan fingerprint density at radius 1 is 1.08 bits per heavy atom. The Labute approximate surface area is 155 Å². The zero-order chi connectivity index (χ0) is 17.1. The molecule has 3 nitrogen and oxygen atoms in total. The van der Waals surface area contributed by atoms with Crippen LogP contribution in [0.15, 0.2) is 48.5 Å². The maximum absolute atomic E-state index is 12.7. The van der Waals surface area contributed by atoms with Gasteiger partial charge in [0.25, 0.3) is 0 Å². The van der Waals surface area contributed by atoms with Gasteiger partial charge in [0.2, 0.25) is 0 Å². The van der Waals surface area contributed by atoms with Gasteiger partial charge < -0.3 is 0 Å². The van der Waals surface area contributed by atoms with Crippen LogP contribution >= 0.6 is 0 Å². The van der Waals surface area contributed by atoms with E-state index in [2.05, 4.69) is 36.4 Å². The van der Waals surface area contributed by atoms with Gasteiger partial charge in [-0.1, -0.05) is 0 Å². The van der Waals surface area contributed by atoms with E-state index in [0.29, 0.717) is 20.9 Å². The van der Waals surface area contributed by atoms with Crippen molar-refractivity contribution in [2.24, 2.45) is 0 Å². The predicted octanol–water partition coefficient (Wildman–Crippen LogP) is 3.24. The Kier molecular flexibility index (Phi) is 5.09. The molecule has 0 bridgehead atoms. The number of benzene rings is 2. The van der Waals surface area contributed by atoms with Gasteiger partial charge in [-0.05, 0) is 0 Å². The molecule has 25 heavy (non-hydrogen) atoms. The summed E-state index contributed by atoms with van der Waals surface area (Å²) < 4.78 is 7.35. The van der Waals surface area contributed by atoms with Gasteiger partial charge in [-0.15, -0.1) is 0 Å². The van der Waals surface area contributed by atoms with Crippen molar-refractivity contribution in [1.82, 2.24) is 4.90 Å². The Morgan fingerprint density at radius 3 is 2.68 bits per heavy atom. The summed E-state index contributed by atoms with van der Waals surface area (Å²) in [7, 11) is 0. The molecule has 1 fully saturated rings. The molecule has 2 aliphatic heterocycles. The molecule has 1 atom stereocenters. The van der Waals surface area contributed by atoms with Gasteiger partial charge in [-0.25, -0.2) is 0 Å². The van der Waals surface area contributed by atoms with E-state index in [1.54, 1.807) is 0 Å². The fraction of sp³-hybridized carbons (Fsp3) is 0.381. The number of ether oxygens (including phenoxy) is 1. The van der Waals surface area contributed by atoms with Crippen LogP contribution in [0, 0.1) is 0 Å². The van der Waals surface area contributed by atoms with E-state index in [1.165, 1.54) is 16.4 Å². The summed E-state index contributed by atoms with van der Waals surface area (Å²) in [6.07, 6.45) is 3.48. The maximum atomic E-state index is 12.7. The average molecular weight is 400 g/mol. The number of carbonyl (C=O) groups excluding carboxylic acids is 1. The molecule has 0 aromatic heterocycles. The molecule has 1 saturated heterocycles. The first-order valence-corrected chi connectivity index (χ1v) is 11.1. The van der Waals surface area contributed by atoms with E-state index in [9.17, 15) is 4.79 Å². The minimum atomic E-state index is 0.156. The SMILES string of the molecule is O=C(c1ccc2c(c1)OCC2C[Se]c1ccccc1)N1CCCCC1. The monoisotopic (exact) mass is 401 g/mol. The van der Waals surface area contributed by atoms with E-state index in [1.807, 2.05) is 17.0 Å². The minimum absolute atomic E-state index is 0.156. The van der Waals surface area contributed by atoms with E-state index in [4.69, 9.17) is 4.74 Å². The van der Waals surface area contributed by atoms with Gasteiger partial charge >= 0.3 is 155 Å². The second-order valence-electron chi connectivity index (χ2n) is 6.74. The van der Waals surface area contributed by atoms with Crippen molar-refractivity contribution >= 4 is 25.3 Å². The van der Waals surface area contributed by atoms with Crippen molar-refractivity contribution in [3.8, 4) is 5.75 Å². The fourth-order valence-electron chi connectivity index (χ4n) is 3.54. The third-order valence-corrected chi connectivity index (χ3v) is 7.44. The van der Waals surface area contributed by atoms with Crippen LogP contribution in [0.25, 0.3) is 0 Å². The summed E-state index contributed by atoms with van der Waals surface area (Å²) in [4.78, 5) is 14.6. The summed E-state index contributed by atoms with van der Waals surface area (Å²) >= 11 is 0.458. The first kappa shape index (κ1) is 16.7. The number of carbonyl (C=O) groups is 1.